The first kappa shape index (κ1) is 14.9. The molecular weight excluding hydrogens is 330 g/mol. The zero-order valence-electron chi connectivity index (χ0n) is 11.0. The van der Waals surface area contributed by atoms with Crippen molar-refractivity contribution in [2.45, 2.75) is 38.7 Å². The van der Waals surface area contributed by atoms with Gasteiger partial charge in [-0.05, 0) is 54.0 Å². The Balaban J connectivity index is 2.13. The number of halogens is 1. The molecule has 0 radical (unpaired) electrons. The summed E-state index contributed by atoms with van der Waals surface area (Å²) < 4.78 is 0.898. The van der Waals surface area contributed by atoms with Gasteiger partial charge in [0.15, 0.2) is 0 Å². The fourth-order valence-electron chi connectivity index (χ4n) is 2.94. The summed E-state index contributed by atoms with van der Waals surface area (Å²) in [5.74, 6) is -0.847. The second-order valence-electron chi connectivity index (χ2n) is 5.55. The molecular formula is C13H18BrNO3S. The number of carbonyl (C=O) groups is 1. The molecule has 2 N–H and O–H groups in total. The predicted molar refractivity (Wildman–Crippen MR) is 77.0 cm³/mol. The number of aliphatic carboxylic acids is 1. The molecule has 4 nitrogen and oxygen atoms in total. The average molecular weight is 348 g/mol. The van der Waals surface area contributed by atoms with Crippen LogP contribution in [0.2, 0.25) is 0 Å². The Kier molecular flexibility index (Phi) is 4.32. The average Bonchev–Trinajstić information content (AvgIpc) is 2.76. The summed E-state index contributed by atoms with van der Waals surface area (Å²) >= 11 is 4.79. The lowest BCUT2D eigenvalue weighted by Gasteiger charge is -2.39. The van der Waals surface area contributed by atoms with E-state index in [0.29, 0.717) is 11.4 Å². The highest BCUT2D eigenvalue weighted by Crippen LogP contribution is 2.44. The van der Waals surface area contributed by atoms with Crippen LogP contribution in [0.15, 0.2) is 9.98 Å². The van der Waals surface area contributed by atoms with Crippen LogP contribution >= 0.6 is 27.3 Å². The minimum atomic E-state index is -0.978. The molecule has 1 aliphatic rings. The minimum absolute atomic E-state index is 0.0659. The highest BCUT2D eigenvalue weighted by Gasteiger charge is 2.42. The van der Waals surface area contributed by atoms with Crippen molar-refractivity contribution in [1.82, 2.24) is 4.98 Å². The molecule has 1 fully saturated rings. The molecule has 0 unspecified atom stereocenters. The molecule has 0 bridgehead atoms. The third-order valence-electron chi connectivity index (χ3n) is 4.19. The molecule has 6 heteroatoms. The van der Waals surface area contributed by atoms with E-state index in [1.807, 2.05) is 6.92 Å². The van der Waals surface area contributed by atoms with E-state index in [9.17, 15) is 9.90 Å². The van der Waals surface area contributed by atoms with E-state index < -0.39 is 11.6 Å². The molecule has 2 rings (SSSR count). The lowest BCUT2D eigenvalue weighted by molar-refractivity contribution is -0.146. The van der Waals surface area contributed by atoms with E-state index in [1.165, 1.54) is 11.3 Å². The number of hydrogen-bond acceptors (Lipinski definition) is 4. The normalized spacial score (nSPS) is 30.8. The molecule has 19 heavy (non-hydrogen) atoms. The van der Waals surface area contributed by atoms with Crippen LogP contribution in [0.4, 0.5) is 0 Å². The maximum absolute atomic E-state index is 11.1. The van der Waals surface area contributed by atoms with E-state index in [2.05, 4.69) is 20.9 Å². The number of aliphatic hydroxyl groups is 1. The van der Waals surface area contributed by atoms with Crippen LogP contribution in [0.3, 0.4) is 0 Å². The molecule has 0 saturated heterocycles. The molecule has 0 amide bonds. The van der Waals surface area contributed by atoms with Crippen molar-refractivity contribution in [2.75, 3.05) is 0 Å². The summed E-state index contributed by atoms with van der Waals surface area (Å²) in [6.07, 6.45) is 3.78. The number of aromatic nitrogens is 1. The van der Waals surface area contributed by atoms with Crippen molar-refractivity contribution in [3.05, 3.63) is 15.0 Å². The van der Waals surface area contributed by atoms with Gasteiger partial charge in [0, 0.05) is 0 Å². The summed E-state index contributed by atoms with van der Waals surface area (Å²) in [5.41, 5.74) is -0.978. The summed E-state index contributed by atoms with van der Waals surface area (Å²) in [7, 11) is 0. The number of carboxylic acids is 1. The van der Waals surface area contributed by atoms with Gasteiger partial charge in [-0.2, -0.15) is 0 Å². The van der Waals surface area contributed by atoms with Crippen LogP contribution in [0.25, 0.3) is 0 Å². The Morgan fingerprint density at radius 2 is 2.26 bits per heavy atom. The first-order chi connectivity index (χ1) is 8.82. The summed E-state index contributed by atoms with van der Waals surface area (Å²) in [6, 6.07) is 0. The van der Waals surface area contributed by atoms with Crippen LogP contribution in [-0.2, 0) is 10.4 Å². The highest BCUT2D eigenvalue weighted by molar-refractivity contribution is 9.11. The molecule has 4 atom stereocenters. The maximum atomic E-state index is 11.1. The van der Waals surface area contributed by atoms with Crippen molar-refractivity contribution in [1.29, 1.82) is 0 Å². The number of nitrogens with zero attached hydrogens (tertiary/aromatic N) is 1. The lowest BCUT2D eigenvalue weighted by atomic mass is 9.69. The summed E-state index contributed by atoms with van der Waals surface area (Å²) in [4.78, 5) is 15.4. The Bertz CT molecular complexity index is 474. The third-order valence-corrected chi connectivity index (χ3v) is 5.89. The van der Waals surface area contributed by atoms with Gasteiger partial charge < -0.3 is 10.2 Å². The fourth-order valence-corrected chi connectivity index (χ4v) is 4.27. The monoisotopic (exact) mass is 347 g/mol. The Hall–Kier alpha value is -0.460. The van der Waals surface area contributed by atoms with Crippen LogP contribution in [0.1, 0.15) is 38.1 Å². The second-order valence-corrected chi connectivity index (χ2v) is 7.96. The van der Waals surface area contributed by atoms with Crippen molar-refractivity contribution < 1.29 is 15.0 Å². The molecule has 1 heterocycles. The number of rotatable bonds is 3. The van der Waals surface area contributed by atoms with Gasteiger partial charge in [0.25, 0.3) is 0 Å². The van der Waals surface area contributed by atoms with E-state index >= 15 is 0 Å². The molecule has 0 aliphatic heterocycles. The third kappa shape index (κ3) is 3.01. The van der Waals surface area contributed by atoms with Crippen molar-refractivity contribution in [2.24, 2.45) is 17.8 Å². The molecule has 1 aromatic rings. The topological polar surface area (TPSA) is 70.4 Å². The maximum Gasteiger partial charge on any atom is 0.306 e. The molecule has 1 aromatic heterocycles. The Morgan fingerprint density at radius 3 is 2.74 bits per heavy atom. The summed E-state index contributed by atoms with van der Waals surface area (Å²) in [5, 5.41) is 20.6. The zero-order chi connectivity index (χ0) is 14.2. The van der Waals surface area contributed by atoms with Crippen LogP contribution < -0.4 is 0 Å². The van der Waals surface area contributed by atoms with E-state index in [0.717, 1.165) is 16.6 Å². The first-order valence-electron chi connectivity index (χ1n) is 6.39. The van der Waals surface area contributed by atoms with Crippen molar-refractivity contribution in [3.63, 3.8) is 0 Å². The van der Waals surface area contributed by atoms with Gasteiger partial charge in [0.2, 0.25) is 0 Å². The number of thiazole rings is 1. The Labute approximate surface area is 125 Å². The zero-order valence-corrected chi connectivity index (χ0v) is 13.4. The summed E-state index contributed by atoms with van der Waals surface area (Å²) in [6.45, 7) is 3.75. The number of carboxylic acid groups (broad SMARTS) is 1. The lowest BCUT2D eigenvalue weighted by Crippen LogP contribution is -2.39. The smallest absolute Gasteiger partial charge is 0.306 e. The van der Waals surface area contributed by atoms with Gasteiger partial charge in [0.05, 0.1) is 15.9 Å². The van der Waals surface area contributed by atoms with Gasteiger partial charge in [-0.1, -0.05) is 6.92 Å². The Morgan fingerprint density at radius 1 is 1.58 bits per heavy atom. The van der Waals surface area contributed by atoms with Gasteiger partial charge in [0.1, 0.15) is 10.6 Å². The standard InChI is InChI=1S/C13H18BrNO3S/c1-7-5-8(3-4-9(7)11(16)17)13(2,18)12-15-6-10(14)19-12/h6-9,18H,3-5H2,1-2H3,(H,16,17)/t7-,8+,9+,13+/m1/s1. The van der Waals surface area contributed by atoms with E-state index in [1.54, 1.807) is 13.1 Å². The van der Waals surface area contributed by atoms with Gasteiger partial charge in [-0.25, -0.2) is 4.98 Å². The van der Waals surface area contributed by atoms with Crippen LogP contribution in [0, 0.1) is 17.8 Å². The predicted octanol–water partition coefficient (Wildman–Crippen LogP) is 3.25. The van der Waals surface area contributed by atoms with Crippen LogP contribution in [-0.4, -0.2) is 21.2 Å². The molecule has 1 saturated carbocycles. The van der Waals surface area contributed by atoms with Crippen molar-refractivity contribution >= 4 is 33.2 Å². The quantitative estimate of drug-likeness (QED) is 0.880. The minimum Gasteiger partial charge on any atom is -0.481 e. The number of hydrogen-bond donors (Lipinski definition) is 2. The SMILES string of the molecule is C[C@@H]1C[C@@H]([C@](C)(O)c2ncc(Br)s2)CC[C@@H]1C(=O)O. The van der Waals surface area contributed by atoms with Gasteiger partial charge >= 0.3 is 5.97 Å². The van der Waals surface area contributed by atoms with Gasteiger partial charge in [-0.15, -0.1) is 11.3 Å². The largest absolute Gasteiger partial charge is 0.481 e. The molecule has 0 aromatic carbocycles. The molecule has 0 spiro atoms. The first-order valence-corrected chi connectivity index (χ1v) is 8.00. The van der Waals surface area contributed by atoms with Crippen molar-refractivity contribution in [3.8, 4) is 0 Å². The van der Waals surface area contributed by atoms with Crippen LogP contribution in [0.5, 0.6) is 0 Å². The van der Waals surface area contributed by atoms with E-state index in [-0.39, 0.29) is 17.8 Å². The molecule has 106 valence electrons. The fraction of sp³-hybridized carbons (Fsp3) is 0.692. The second kappa shape index (κ2) is 5.50. The molecule has 1 aliphatic carbocycles. The van der Waals surface area contributed by atoms with E-state index in [4.69, 9.17) is 5.11 Å². The van der Waals surface area contributed by atoms with Gasteiger partial charge in [-0.3, -0.25) is 4.79 Å². The highest BCUT2D eigenvalue weighted by atomic mass is 79.9.